The molecule has 0 saturated carbocycles. The molecule has 0 radical (unpaired) electrons. The lowest BCUT2D eigenvalue weighted by Crippen LogP contribution is -2.10. The summed E-state index contributed by atoms with van der Waals surface area (Å²) in [4.78, 5) is 9.21. The summed E-state index contributed by atoms with van der Waals surface area (Å²) in [6, 6.07) is 13.9. The Labute approximate surface area is 116 Å². The van der Waals surface area contributed by atoms with Gasteiger partial charge in [0, 0.05) is 0 Å². The second-order valence-corrected chi connectivity index (χ2v) is 4.67. The molecule has 0 unspecified atom stereocenters. The van der Waals surface area contributed by atoms with E-state index < -0.39 is 0 Å². The van der Waals surface area contributed by atoms with Gasteiger partial charge < -0.3 is 10.6 Å². The largest absolute Gasteiger partial charge is 0.335 e. The fourth-order valence-electron chi connectivity index (χ4n) is 2.33. The molecule has 0 amide bonds. The summed E-state index contributed by atoms with van der Waals surface area (Å²) in [5.41, 5.74) is 4.80. The highest BCUT2D eigenvalue weighted by Gasteiger charge is 2.17. The van der Waals surface area contributed by atoms with E-state index in [1.807, 2.05) is 48.5 Å². The van der Waals surface area contributed by atoms with Gasteiger partial charge in [-0.2, -0.15) is 0 Å². The third-order valence-electron chi connectivity index (χ3n) is 3.36. The van der Waals surface area contributed by atoms with E-state index in [1.54, 1.807) is 0 Å². The highest BCUT2D eigenvalue weighted by atomic mass is 15.2. The zero-order chi connectivity index (χ0) is 13.5. The molecule has 4 heteroatoms. The molecule has 2 aromatic carbocycles. The van der Waals surface area contributed by atoms with Gasteiger partial charge in [-0.15, -0.1) is 0 Å². The predicted molar refractivity (Wildman–Crippen MR) is 82.6 cm³/mol. The Morgan fingerprint density at radius 2 is 1.50 bits per heavy atom. The molecule has 0 spiro atoms. The number of benzene rings is 2. The van der Waals surface area contributed by atoms with Gasteiger partial charge in [-0.05, 0) is 29.8 Å². The van der Waals surface area contributed by atoms with E-state index in [4.69, 9.17) is 0 Å². The molecule has 0 aliphatic carbocycles. The molecule has 0 bridgehead atoms. The van der Waals surface area contributed by atoms with Gasteiger partial charge in [0.05, 0.1) is 22.4 Å². The van der Waals surface area contributed by atoms with Gasteiger partial charge in [0.2, 0.25) is 0 Å². The van der Waals surface area contributed by atoms with Gasteiger partial charge in [0.1, 0.15) is 0 Å². The molecule has 4 rings (SSSR count). The van der Waals surface area contributed by atoms with Crippen LogP contribution in [-0.2, 0) is 0 Å². The number of hydrogen-bond acceptors (Lipinski definition) is 4. The minimum absolute atomic E-state index is 0.748. The summed E-state index contributed by atoms with van der Waals surface area (Å²) in [6.45, 7) is 3.79. The molecule has 20 heavy (non-hydrogen) atoms. The third kappa shape index (κ3) is 1.62. The maximum atomic E-state index is 4.61. The molecule has 3 aromatic rings. The van der Waals surface area contributed by atoms with Crippen molar-refractivity contribution in [2.45, 2.75) is 0 Å². The second-order valence-electron chi connectivity index (χ2n) is 4.67. The van der Waals surface area contributed by atoms with Crippen LogP contribution in [0.1, 0.15) is 5.56 Å². The molecule has 1 aliphatic rings. The van der Waals surface area contributed by atoms with Gasteiger partial charge >= 0.3 is 0 Å². The summed E-state index contributed by atoms with van der Waals surface area (Å²) in [5.74, 6) is 1.50. The van der Waals surface area contributed by atoms with Crippen LogP contribution in [0.2, 0.25) is 0 Å². The van der Waals surface area contributed by atoms with E-state index >= 15 is 0 Å². The van der Waals surface area contributed by atoms with E-state index in [9.17, 15) is 0 Å². The van der Waals surface area contributed by atoms with E-state index in [1.165, 1.54) is 0 Å². The van der Waals surface area contributed by atoms with Gasteiger partial charge in [-0.3, -0.25) is 0 Å². The first kappa shape index (κ1) is 11.0. The van der Waals surface area contributed by atoms with Gasteiger partial charge in [0.15, 0.2) is 11.6 Å². The lowest BCUT2D eigenvalue weighted by molar-refractivity contribution is 1.25. The minimum Gasteiger partial charge on any atom is -0.335 e. The Morgan fingerprint density at radius 3 is 2.15 bits per heavy atom. The van der Waals surface area contributed by atoms with Crippen LogP contribution in [0.15, 0.2) is 49.0 Å². The number of aromatic nitrogens is 2. The molecule has 0 saturated heterocycles. The number of rotatable bonds is 1. The topological polar surface area (TPSA) is 49.8 Å². The number of nitrogens with one attached hydrogen (secondary N) is 2. The van der Waals surface area contributed by atoms with Gasteiger partial charge in [-0.25, -0.2) is 9.97 Å². The molecule has 4 nitrogen and oxygen atoms in total. The highest BCUT2D eigenvalue weighted by Crippen LogP contribution is 2.37. The summed E-state index contributed by atoms with van der Waals surface area (Å²) < 4.78 is 0. The Morgan fingerprint density at radius 1 is 0.850 bits per heavy atom. The smallest absolute Gasteiger partial charge is 0.174 e. The number of para-hydroxylation sites is 2. The lowest BCUT2D eigenvalue weighted by Gasteiger charge is -2.21. The molecule has 0 fully saturated rings. The summed E-state index contributed by atoms with van der Waals surface area (Å²) in [5, 5.41) is 6.64. The first-order valence-corrected chi connectivity index (χ1v) is 6.41. The fourth-order valence-corrected chi connectivity index (χ4v) is 2.33. The van der Waals surface area contributed by atoms with E-state index in [0.717, 1.165) is 39.6 Å². The molecule has 1 aromatic heterocycles. The van der Waals surface area contributed by atoms with Crippen molar-refractivity contribution in [2.75, 3.05) is 10.6 Å². The van der Waals surface area contributed by atoms with Crippen molar-refractivity contribution < 1.29 is 0 Å². The highest BCUT2D eigenvalue weighted by molar-refractivity contribution is 5.91. The number of anilines is 4. The molecule has 1 aliphatic heterocycles. The van der Waals surface area contributed by atoms with E-state index in [0.29, 0.717) is 0 Å². The number of nitrogens with zero attached hydrogens (tertiary/aromatic N) is 2. The third-order valence-corrected chi connectivity index (χ3v) is 3.36. The normalized spacial score (nSPS) is 12.0. The van der Waals surface area contributed by atoms with Crippen molar-refractivity contribution >= 4 is 40.1 Å². The molecule has 96 valence electrons. The van der Waals surface area contributed by atoms with Crippen molar-refractivity contribution in [3.05, 3.63) is 54.6 Å². The Bertz CT molecular complexity index is 839. The van der Waals surface area contributed by atoms with Crippen molar-refractivity contribution in [1.82, 2.24) is 9.97 Å². The molecular formula is C16H12N4. The second kappa shape index (κ2) is 4.06. The van der Waals surface area contributed by atoms with Crippen LogP contribution in [0.25, 0.3) is 17.1 Å². The molecular weight excluding hydrogens is 248 g/mol. The van der Waals surface area contributed by atoms with Crippen molar-refractivity contribution in [1.29, 1.82) is 0 Å². The molecule has 2 heterocycles. The van der Waals surface area contributed by atoms with Crippen LogP contribution in [-0.4, -0.2) is 9.97 Å². The molecule has 0 atom stereocenters. The first-order valence-electron chi connectivity index (χ1n) is 6.41. The number of hydrogen-bond donors (Lipinski definition) is 2. The van der Waals surface area contributed by atoms with Crippen molar-refractivity contribution in [2.24, 2.45) is 0 Å². The standard InChI is InChI=1S/C16H12N4/c1-2-10-7-8-13-14(9-10)20-16-15(19-13)17-11-5-3-4-6-12(11)18-16/h2-9H,1H2,(H,17,19)(H,18,20). The van der Waals surface area contributed by atoms with Crippen LogP contribution in [0.5, 0.6) is 0 Å². The summed E-state index contributed by atoms with van der Waals surface area (Å²) in [6.07, 6.45) is 1.82. The van der Waals surface area contributed by atoms with Crippen molar-refractivity contribution in [3.8, 4) is 0 Å². The monoisotopic (exact) mass is 260 g/mol. The Balaban J connectivity index is 1.87. The predicted octanol–water partition coefficient (Wildman–Crippen LogP) is 4.07. The van der Waals surface area contributed by atoms with E-state index in [-0.39, 0.29) is 0 Å². The summed E-state index contributed by atoms with van der Waals surface area (Å²) in [7, 11) is 0. The molecule has 2 N–H and O–H groups in total. The fraction of sp³-hybridized carbons (Fsp3) is 0. The quantitative estimate of drug-likeness (QED) is 0.541. The van der Waals surface area contributed by atoms with Crippen LogP contribution >= 0.6 is 0 Å². The van der Waals surface area contributed by atoms with E-state index in [2.05, 4.69) is 27.2 Å². The maximum Gasteiger partial charge on any atom is 0.174 e. The average molecular weight is 260 g/mol. The zero-order valence-corrected chi connectivity index (χ0v) is 10.7. The van der Waals surface area contributed by atoms with Crippen LogP contribution in [0.3, 0.4) is 0 Å². The van der Waals surface area contributed by atoms with Crippen molar-refractivity contribution in [3.63, 3.8) is 0 Å². The SMILES string of the molecule is C=Cc1ccc2c(c1)Nc1nc3ccccc3nc1N2. The van der Waals surface area contributed by atoms with Gasteiger partial charge in [-0.1, -0.05) is 30.9 Å². The van der Waals surface area contributed by atoms with Crippen LogP contribution in [0, 0.1) is 0 Å². The van der Waals surface area contributed by atoms with Crippen LogP contribution in [0.4, 0.5) is 23.0 Å². The summed E-state index contributed by atoms with van der Waals surface area (Å²) >= 11 is 0. The number of fused-ring (bicyclic) bond motifs is 3. The van der Waals surface area contributed by atoms with Gasteiger partial charge in [0.25, 0.3) is 0 Å². The Kier molecular flexibility index (Phi) is 2.23. The van der Waals surface area contributed by atoms with Crippen LogP contribution < -0.4 is 10.6 Å². The maximum absolute atomic E-state index is 4.61. The first-order chi connectivity index (χ1) is 9.83. The minimum atomic E-state index is 0.748. The lowest BCUT2D eigenvalue weighted by atomic mass is 10.1. The average Bonchev–Trinajstić information content (AvgIpc) is 2.50. The Hall–Kier alpha value is -2.88. The zero-order valence-electron chi connectivity index (χ0n) is 10.7.